The Kier molecular flexibility index (Phi) is 3.42. The monoisotopic (exact) mass is 235 g/mol. The van der Waals surface area contributed by atoms with Crippen LogP contribution in [0.25, 0.3) is 0 Å². The lowest BCUT2D eigenvalue weighted by Gasteiger charge is -2.07. The Labute approximate surface area is 98.9 Å². The lowest BCUT2D eigenvalue weighted by atomic mass is 10.2. The number of anilines is 1. The van der Waals surface area contributed by atoms with Gasteiger partial charge in [-0.15, -0.1) is 0 Å². The van der Waals surface area contributed by atoms with Gasteiger partial charge in [0, 0.05) is 17.3 Å². The van der Waals surface area contributed by atoms with E-state index in [0.29, 0.717) is 11.6 Å². The molecule has 1 N–H and O–H groups in total. The second kappa shape index (κ2) is 4.99. The van der Waals surface area contributed by atoms with Gasteiger partial charge in [0.25, 0.3) is 0 Å². The Morgan fingerprint density at radius 2 is 1.81 bits per heavy atom. The highest BCUT2D eigenvalue weighted by atomic mass is 35.5. The fourth-order valence-electron chi connectivity index (χ4n) is 1.42. The van der Waals surface area contributed by atoms with E-state index in [1.807, 2.05) is 30.3 Å². The van der Waals surface area contributed by atoms with Crippen molar-refractivity contribution in [3.63, 3.8) is 0 Å². The van der Waals surface area contributed by atoms with Gasteiger partial charge in [-0.1, -0.05) is 35.9 Å². The van der Waals surface area contributed by atoms with Gasteiger partial charge >= 0.3 is 0 Å². The van der Waals surface area contributed by atoms with Crippen LogP contribution in [-0.4, -0.2) is 0 Å². The molecule has 1 nitrogen and oxygen atoms in total. The standard InChI is InChI=1S/C13H11ClFN/c14-13-8-11(15)7-6-10(13)9-16-12-4-2-1-3-5-12/h1-8,16H,9H2. The molecule has 0 atom stereocenters. The number of rotatable bonds is 3. The number of nitrogens with one attached hydrogen (secondary N) is 1. The topological polar surface area (TPSA) is 12.0 Å². The van der Waals surface area contributed by atoms with Crippen molar-refractivity contribution in [2.45, 2.75) is 6.54 Å². The molecule has 0 heterocycles. The highest BCUT2D eigenvalue weighted by Gasteiger charge is 2.01. The molecule has 3 heteroatoms. The number of hydrogen-bond donors (Lipinski definition) is 1. The molecule has 2 rings (SSSR count). The summed E-state index contributed by atoms with van der Waals surface area (Å²) in [6, 6.07) is 14.2. The largest absolute Gasteiger partial charge is 0.381 e. The van der Waals surface area contributed by atoms with Crippen LogP contribution >= 0.6 is 11.6 Å². The minimum absolute atomic E-state index is 0.312. The van der Waals surface area contributed by atoms with Gasteiger partial charge in [0.05, 0.1) is 0 Å². The van der Waals surface area contributed by atoms with Gasteiger partial charge < -0.3 is 5.32 Å². The smallest absolute Gasteiger partial charge is 0.124 e. The van der Waals surface area contributed by atoms with E-state index < -0.39 is 0 Å². The predicted molar refractivity (Wildman–Crippen MR) is 65.2 cm³/mol. The first-order chi connectivity index (χ1) is 7.75. The van der Waals surface area contributed by atoms with Crippen LogP contribution in [0.3, 0.4) is 0 Å². The molecule has 2 aromatic rings. The third kappa shape index (κ3) is 2.74. The fourth-order valence-corrected chi connectivity index (χ4v) is 1.65. The van der Waals surface area contributed by atoms with Crippen LogP contribution in [0.1, 0.15) is 5.56 Å². The van der Waals surface area contributed by atoms with Gasteiger partial charge in [0.2, 0.25) is 0 Å². The Morgan fingerprint density at radius 3 is 2.50 bits per heavy atom. The van der Waals surface area contributed by atoms with Gasteiger partial charge in [-0.2, -0.15) is 0 Å². The molecule has 0 fully saturated rings. The molecular weight excluding hydrogens is 225 g/mol. The molecule has 16 heavy (non-hydrogen) atoms. The van der Waals surface area contributed by atoms with Crippen molar-refractivity contribution < 1.29 is 4.39 Å². The van der Waals surface area contributed by atoms with Crippen LogP contribution in [0.4, 0.5) is 10.1 Å². The number of hydrogen-bond acceptors (Lipinski definition) is 1. The Hall–Kier alpha value is -1.54. The molecule has 0 unspecified atom stereocenters. The van der Waals surface area contributed by atoms with Crippen LogP contribution < -0.4 is 5.32 Å². The highest BCUT2D eigenvalue weighted by molar-refractivity contribution is 6.31. The molecule has 0 aliphatic heterocycles. The van der Waals surface area contributed by atoms with Gasteiger partial charge in [-0.25, -0.2) is 4.39 Å². The van der Waals surface area contributed by atoms with Crippen LogP contribution in [0, 0.1) is 5.82 Å². The molecule has 0 bridgehead atoms. The molecular formula is C13H11ClFN. The van der Waals surface area contributed by atoms with Gasteiger partial charge in [-0.3, -0.25) is 0 Å². The summed E-state index contributed by atoms with van der Waals surface area (Å²) in [6.07, 6.45) is 0. The van der Waals surface area contributed by atoms with Crippen molar-refractivity contribution >= 4 is 17.3 Å². The SMILES string of the molecule is Fc1ccc(CNc2ccccc2)c(Cl)c1. The number of para-hydroxylation sites is 1. The average molecular weight is 236 g/mol. The minimum atomic E-state index is -0.312. The maximum Gasteiger partial charge on any atom is 0.124 e. The first-order valence-corrected chi connectivity index (χ1v) is 5.36. The lowest BCUT2D eigenvalue weighted by molar-refractivity contribution is 0.627. The Morgan fingerprint density at radius 1 is 1.06 bits per heavy atom. The molecule has 0 saturated heterocycles. The summed E-state index contributed by atoms with van der Waals surface area (Å²) in [4.78, 5) is 0. The number of benzene rings is 2. The zero-order valence-corrected chi connectivity index (χ0v) is 9.34. The summed E-state index contributed by atoms with van der Waals surface area (Å²) >= 11 is 5.92. The first-order valence-electron chi connectivity index (χ1n) is 4.98. The van der Waals surface area contributed by atoms with Gasteiger partial charge in [0.15, 0.2) is 0 Å². The van der Waals surface area contributed by atoms with Crippen LogP contribution in [0.15, 0.2) is 48.5 Å². The predicted octanol–water partition coefficient (Wildman–Crippen LogP) is 4.09. The molecule has 82 valence electrons. The third-order valence-corrected chi connectivity index (χ3v) is 2.62. The van der Waals surface area contributed by atoms with Crippen molar-refractivity contribution in [3.8, 4) is 0 Å². The maximum absolute atomic E-state index is 12.8. The van der Waals surface area contributed by atoms with Crippen molar-refractivity contribution in [3.05, 3.63) is 64.9 Å². The zero-order valence-electron chi connectivity index (χ0n) is 8.58. The molecule has 2 aromatic carbocycles. The molecule has 0 amide bonds. The zero-order chi connectivity index (χ0) is 11.4. The van der Waals surface area contributed by atoms with Crippen molar-refractivity contribution in [2.75, 3.05) is 5.32 Å². The van der Waals surface area contributed by atoms with Crippen LogP contribution in [-0.2, 0) is 6.54 Å². The average Bonchev–Trinajstić information content (AvgIpc) is 2.29. The molecule has 0 spiro atoms. The van der Waals surface area contributed by atoms with Crippen molar-refractivity contribution in [1.29, 1.82) is 0 Å². The minimum Gasteiger partial charge on any atom is -0.381 e. The molecule has 0 radical (unpaired) electrons. The van der Waals surface area contributed by atoms with E-state index in [2.05, 4.69) is 5.32 Å². The molecule has 0 aliphatic rings. The van der Waals surface area contributed by atoms with E-state index in [4.69, 9.17) is 11.6 Å². The second-order valence-electron chi connectivity index (χ2n) is 3.46. The van der Waals surface area contributed by atoms with E-state index >= 15 is 0 Å². The summed E-state index contributed by atoms with van der Waals surface area (Å²) in [5.41, 5.74) is 1.90. The van der Waals surface area contributed by atoms with E-state index in [0.717, 1.165) is 11.3 Å². The third-order valence-electron chi connectivity index (χ3n) is 2.27. The van der Waals surface area contributed by atoms with E-state index in [1.165, 1.54) is 12.1 Å². The summed E-state index contributed by atoms with van der Waals surface area (Å²) in [7, 11) is 0. The molecule has 0 saturated carbocycles. The number of halogens is 2. The van der Waals surface area contributed by atoms with E-state index in [1.54, 1.807) is 6.07 Å². The van der Waals surface area contributed by atoms with Gasteiger partial charge in [-0.05, 0) is 29.8 Å². The van der Waals surface area contributed by atoms with E-state index in [9.17, 15) is 4.39 Å². The van der Waals surface area contributed by atoms with Crippen LogP contribution in [0.5, 0.6) is 0 Å². The fraction of sp³-hybridized carbons (Fsp3) is 0.0769. The summed E-state index contributed by atoms with van der Waals surface area (Å²) in [5.74, 6) is -0.312. The molecule has 0 aromatic heterocycles. The van der Waals surface area contributed by atoms with Crippen LogP contribution in [0.2, 0.25) is 5.02 Å². The first kappa shape index (κ1) is 11.0. The summed E-state index contributed by atoms with van der Waals surface area (Å²) in [6.45, 7) is 0.586. The van der Waals surface area contributed by atoms with Crippen molar-refractivity contribution in [1.82, 2.24) is 0 Å². The van der Waals surface area contributed by atoms with Crippen molar-refractivity contribution in [2.24, 2.45) is 0 Å². The second-order valence-corrected chi connectivity index (χ2v) is 3.86. The quantitative estimate of drug-likeness (QED) is 0.845. The summed E-state index contributed by atoms with van der Waals surface area (Å²) < 4.78 is 12.8. The Bertz CT molecular complexity index is 471. The van der Waals surface area contributed by atoms with Gasteiger partial charge in [0.1, 0.15) is 5.82 Å². The summed E-state index contributed by atoms with van der Waals surface area (Å²) in [5, 5.41) is 3.66. The lowest BCUT2D eigenvalue weighted by Crippen LogP contribution is -1.99. The maximum atomic E-state index is 12.8. The Balaban J connectivity index is 2.05. The highest BCUT2D eigenvalue weighted by Crippen LogP contribution is 2.18. The molecule has 0 aliphatic carbocycles. The normalized spacial score (nSPS) is 10.1. The van der Waals surface area contributed by atoms with E-state index in [-0.39, 0.29) is 5.82 Å².